The number of alkyl halides is 2. The molecule has 3 rings (SSSR count). The van der Waals surface area contributed by atoms with Crippen molar-refractivity contribution < 1.29 is 8.78 Å². The van der Waals surface area contributed by atoms with Gasteiger partial charge in [-0.15, -0.1) is 11.3 Å². The van der Waals surface area contributed by atoms with Crippen molar-refractivity contribution in [2.75, 3.05) is 11.4 Å². The molecular formula is C20H26F2N2S. The van der Waals surface area contributed by atoms with Crippen LogP contribution in [0.15, 0.2) is 18.3 Å². The monoisotopic (exact) mass is 364 g/mol. The number of aryl methyl sites for hydroxylation is 2. The molecule has 0 saturated carbocycles. The summed E-state index contributed by atoms with van der Waals surface area (Å²) < 4.78 is 27.6. The SMILES string of the molecule is CCCC(CC)N1CCCc2cc(-c3cnc(C)s3)c(C(F)F)cc21. The molecule has 1 unspecified atom stereocenters. The molecule has 1 aromatic heterocycles. The molecule has 0 bridgehead atoms. The maximum atomic E-state index is 13.8. The molecule has 0 fully saturated rings. The molecule has 1 aliphatic rings. The highest BCUT2D eigenvalue weighted by Gasteiger charge is 2.27. The van der Waals surface area contributed by atoms with E-state index in [-0.39, 0.29) is 5.56 Å². The van der Waals surface area contributed by atoms with Crippen molar-refractivity contribution in [3.63, 3.8) is 0 Å². The van der Waals surface area contributed by atoms with E-state index in [1.165, 1.54) is 16.9 Å². The fraction of sp³-hybridized carbons (Fsp3) is 0.550. The molecule has 1 aliphatic heterocycles. The third-order valence-corrected chi connectivity index (χ3v) is 6.01. The highest BCUT2D eigenvalue weighted by molar-refractivity contribution is 7.15. The van der Waals surface area contributed by atoms with Gasteiger partial charge in [0.25, 0.3) is 6.43 Å². The van der Waals surface area contributed by atoms with Crippen LogP contribution in [0.1, 0.15) is 62.1 Å². The van der Waals surface area contributed by atoms with Gasteiger partial charge < -0.3 is 4.90 Å². The molecule has 0 spiro atoms. The van der Waals surface area contributed by atoms with Crippen molar-refractivity contribution in [3.05, 3.63) is 34.5 Å². The molecule has 2 nitrogen and oxygen atoms in total. The Morgan fingerprint density at radius 3 is 2.68 bits per heavy atom. The van der Waals surface area contributed by atoms with Gasteiger partial charge in [0.15, 0.2) is 0 Å². The topological polar surface area (TPSA) is 16.1 Å². The van der Waals surface area contributed by atoms with Crippen molar-refractivity contribution in [3.8, 4) is 10.4 Å². The lowest BCUT2D eigenvalue weighted by Gasteiger charge is -2.38. The van der Waals surface area contributed by atoms with E-state index in [0.29, 0.717) is 11.6 Å². The van der Waals surface area contributed by atoms with Gasteiger partial charge >= 0.3 is 0 Å². The smallest absolute Gasteiger partial charge is 0.264 e. The summed E-state index contributed by atoms with van der Waals surface area (Å²) in [5, 5.41) is 0.906. The van der Waals surface area contributed by atoms with E-state index in [2.05, 4.69) is 23.7 Å². The highest BCUT2D eigenvalue weighted by Crippen LogP contribution is 2.41. The number of benzene rings is 1. The summed E-state index contributed by atoms with van der Waals surface area (Å²) in [7, 11) is 0. The van der Waals surface area contributed by atoms with Gasteiger partial charge in [-0.1, -0.05) is 20.3 Å². The maximum absolute atomic E-state index is 13.8. The van der Waals surface area contributed by atoms with Crippen LogP contribution >= 0.6 is 11.3 Å². The number of anilines is 1. The van der Waals surface area contributed by atoms with Gasteiger partial charge in [0.1, 0.15) is 0 Å². The second-order valence-corrected chi connectivity index (χ2v) is 7.99. The van der Waals surface area contributed by atoms with Crippen LogP contribution in [0.25, 0.3) is 10.4 Å². The maximum Gasteiger partial charge on any atom is 0.264 e. The molecule has 2 heterocycles. The van der Waals surface area contributed by atoms with Crippen LogP contribution in [-0.4, -0.2) is 17.6 Å². The van der Waals surface area contributed by atoms with Crippen molar-refractivity contribution in [2.45, 2.75) is 65.3 Å². The first-order valence-corrected chi connectivity index (χ1v) is 10.0. The van der Waals surface area contributed by atoms with E-state index in [4.69, 9.17) is 0 Å². The zero-order valence-electron chi connectivity index (χ0n) is 15.2. The molecule has 0 amide bonds. The van der Waals surface area contributed by atoms with Gasteiger partial charge in [0, 0.05) is 35.6 Å². The van der Waals surface area contributed by atoms with E-state index in [1.54, 1.807) is 12.3 Å². The number of nitrogens with zero attached hydrogens (tertiary/aromatic N) is 2. The minimum Gasteiger partial charge on any atom is -0.368 e. The predicted octanol–water partition coefficient (Wildman–Crippen LogP) is 6.39. The fourth-order valence-electron chi connectivity index (χ4n) is 3.85. The number of thiazole rings is 1. The van der Waals surface area contributed by atoms with E-state index < -0.39 is 6.43 Å². The van der Waals surface area contributed by atoms with Gasteiger partial charge in [-0.25, -0.2) is 13.8 Å². The van der Waals surface area contributed by atoms with Crippen LogP contribution in [0, 0.1) is 6.92 Å². The normalized spacial score (nSPS) is 15.5. The molecule has 5 heteroatoms. The van der Waals surface area contributed by atoms with E-state index >= 15 is 0 Å². The van der Waals surface area contributed by atoms with Gasteiger partial charge in [-0.2, -0.15) is 0 Å². The molecule has 1 atom stereocenters. The van der Waals surface area contributed by atoms with Crippen LogP contribution in [-0.2, 0) is 6.42 Å². The van der Waals surface area contributed by atoms with Crippen LogP contribution in [0.2, 0.25) is 0 Å². The first-order valence-electron chi connectivity index (χ1n) is 9.19. The van der Waals surface area contributed by atoms with Gasteiger partial charge in [-0.05, 0) is 50.3 Å². The first kappa shape index (κ1) is 18.3. The minimum atomic E-state index is -2.47. The Morgan fingerprint density at radius 1 is 1.28 bits per heavy atom. The lowest BCUT2D eigenvalue weighted by Crippen LogP contribution is -2.38. The molecule has 0 N–H and O–H groups in total. The van der Waals surface area contributed by atoms with Crippen molar-refractivity contribution in [1.29, 1.82) is 0 Å². The Balaban J connectivity index is 2.08. The number of hydrogen-bond acceptors (Lipinski definition) is 3. The molecule has 0 radical (unpaired) electrons. The fourth-order valence-corrected chi connectivity index (χ4v) is 4.67. The Kier molecular flexibility index (Phi) is 5.72. The number of aromatic nitrogens is 1. The standard InChI is InChI=1S/C20H26F2N2S/c1-4-7-15(5-2)24-9-6-8-14-10-16(19-12-23-13(3)25-19)17(20(21)22)11-18(14)24/h10-12,15,20H,4-9H2,1-3H3. The largest absolute Gasteiger partial charge is 0.368 e. The summed E-state index contributed by atoms with van der Waals surface area (Å²) in [6.45, 7) is 7.25. The van der Waals surface area contributed by atoms with Gasteiger partial charge in [0.05, 0.1) is 9.88 Å². The second-order valence-electron chi connectivity index (χ2n) is 6.76. The van der Waals surface area contributed by atoms with E-state index in [0.717, 1.165) is 54.2 Å². The molecule has 1 aromatic carbocycles. The summed E-state index contributed by atoms with van der Waals surface area (Å²) in [4.78, 5) is 7.46. The number of fused-ring (bicyclic) bond motifs is 1. The zero-order valence-corrected chi connectivity index (χ0v) is 16.0. The minimum absolute atomic E-state index is 0.139. The summed E-state index contributed by atoms with van der Waals surface area (Å²) >= 11 is 1.48. The summed E-state index contributed by atoms with van der Waals surface area (Å²) in [5.74, 6) is 0. The molecular weight excluding hydrogens is 338 g/mol. The number of halogens is 2. The van der Waals surface area contributed by atoms with Gasteiger partial charge in [0.2, 0.25) is 0 Å². The van der Waals surface area contributed by atoms with Crippen LogP contribution in [0.3, 0.4) is 0 Å². The second kappa shape index (κ2) is 7.81. The van der Waals surface area contributed by atoms with Gasteiger partial charge in [-0.3, -0.25) is 0 Å². The Hall–Kier alpha value is -1.49. The van der Waals surface area contributed by atoms with Crippen molar-refractivity contribution in [1.82, 2.24) is 4.98 Å². The molecule has 0 saturated heterocycles. The molecule has 2 aromatic rings. The molecule has 25 heavy (non-hydrogen) atoms. The highest BCUT2D eigenvalue weighted by atomic mass is 32.1. The first-order chi connectivity index (χ1) is 12.0. The molecule has 0 aliphatic carbocycles. The lowest BCUT2D eigenvalue weighted by atomic mass is 9.93. The summed E-state index contributed by atoms with van der Waals surface area (Å²) in [6, 6.07) is 4.18. The Labute approximate surface area is 152 Å². The Bertz CT molecular complexity index is 726. The van der Waals surface area contributed by atoms with Crippen LogP contribution < -0.4 is 4.90 Å². The quantitative estimate of drug-likeness (QED) is 0.590. The predicted molar refractivity (Wildman–Crippen MR) is 102 cm³/mol. The third kappa shape index (κ3) is 3.71. The van der Waals surface area contributed by atoms with Crippen molar-refractivity contribution in [2.24, 2.45) is 0 Å². The van der Waals surface area contributed by atoms with Crippen LogP contribution in [0.4, 0.5) is 14.5 Å². The third-order valence-electron chi connectivity index (χ3n) is 5.06. The van der Waals surface area contributed by atoms with Crippen molar-refractivity contribution >= 4 is 17.0 Å². The molecule has 136 valence electrons. The lowest BCUT2D eigenvalue weighted by molar-refractivity contribution is 0.152. The van der Waals surface area contributed by atoms with E-state index in [9.17, 15) is 8.78 Å². The number of hydrogen-bond donors (Lipinski definition) is 0. The summed E-state index contributed by atoms with van der Waals surface area (Å²) in [6.07, 6.45) is 4.57. The zero-order chi connectivity index (χ0) is 18.0. The van der Waals surface area contributed by atoms with E-state index in [1.807, 2.05) is 13.0 Å². The average Bonchev–Trinajstić information content (AvgIpc) is 3.04. The summed E-state index contributed by atoms with van der Waals surface area (Å²) in [5.41, 5.74) is 3.02. The Morgan fingerprint density at radius 2 is 2.08 bits per heavy atom. The average molecular weight is 365 g/mol. The van der Waals surface area contributed by atoms with Crippen LogP contribution in [0.5, 0.6) is 0 Å². The number of rotatable bonds is 6.